The van der Waals surface area contributed by atoms with Crippen molar-refractivity contribution in [1.29, 1.82) is 0 Å². The van der Waals surface area contributed by atoms with Gasteiger partial charge in [0.2, 0.25) is 0 Å². The number of rotatable bonds is 9. The molecule has 0 radical (unpaired) electrons. The van der Waals surface area contributed by atoms with Crippen LogP contribution in [-0.4, -0.2) is 0 Å². The first-order valence-corrected chi connectivity index (χ1v) is 7.51. The Hall–Kier alpha value is 0. The molecule has 0 N–H and O–H groups in total. The van der Waals surface area contributed by atoms with Gasteiger partial charge in [0.1, 0.15) is 0 Å². The Balaban J connectivity index is 3.63. The van der Waals surface area contributed by atoms with Gasteiger partial charge in [-0.2, -0.15) is 0 Å². The molecule has 0 aliphatic rings. The molecule has 0 saturated carbocycles. The molecule has 0 aliphatic carbocycles. The van der Waals surface area contributed by atoms with Crippen molar-refractivity contribution in [2.45, 2.75) is 80.1 Å². The van der Waals surface area contributed by atoms with Crippen molar-refractivity contribution in [1.82, 2.24) is 0 Å². The van der Waals surface area contributed by atoms with Crippen LogP contribution in [0.25, 0.3) is 0 Å². The van der Waals surface area contributed by atoms with Gasteiger partial charge in [-0.1, -0.05) is 73.6 Å². The third kappa shape index (κ3) is 7.30. The normalized spacial score (nSPS) is 17.4. The first-order valence-electron chi connectivity index (χ1n) is 7.51. The second kappa shape index (κ2) is 9.07. The molecular weight excluding hydrogens is 192 g/mol. The van der Waals surface area contributed by atoms with Crippen LogP contribution in [-0.2, 0) is 0 Å². The van der Waals surface area contributed by atoms with E-state index in [2.05, 4.69) is 41.5 Å². The molecule has 0 nitrogen and oxygen atoms in total. The zero-order valence-corrected chi connectivity index (χ0v) is 12.6. The third-order valence-electron chi connectivity index (χ3n) is 4.24. The van der Waals surface area contributed by atoms with Crippen LogP contribution in [0.5, 0.6) is 0 Å². The molecule has 0 aromatic rings. The van der Waals surface area contributed by atoms with Crippen molar-refractivity contribution in [3.63, 3.8) is 0 Å². The average molecular weight is 226 g/mol. The quantitative estimate of drug-likeness (QED) is 0.458. The van der Waals surface area contributed by atoms with Crippen LogP contribution in [0.2, 0.25) is 0 Å². The Bertz CT molecular complexity index is 148. The predicted octanol–water partition coefficient (Wildman–Crippen LogP) is 5.91. The molecule has 0 rings (SSSR count). The summed E-state index contributed by atoms with van der Waals surface area (Å²) in [6.45, 7) is 14.2. The van der Waals surface area contributed by atoms with Crippen LogP contribution in [0.1, 0.15) is 80.1 Å². The molecular formula is C16H34. The van der Waals surface area contributed by atoms with Gasteiger partial charge in [0.25, 0.3) is 0 Å². The Morgan fingerprint density at radius 3 is 1.81 bits per heavy atom. The van der Waals surface area contributed by atoms with Gasteiger partial charge in [-0.05, 0) is 30.1 Å². The SMILES string of the molecule is CCC(C)CC(C)CCCC(CC)C(C)C. The fourth-order valence-electron chi connectivity index (χ4n) is 2.71. The number of hydrogen-bond donors (Lipinski definition) is 0. The standard InChI is InChI=1S/C16H34/c1-7-14(5)12-15(6)10-9-11-16(8-2)13(3)4/h13-16H,7-12H2,1-6H3. The van der Waals surface area contributed by atoms with Crippen LogP contribution in [0, 0.1) is 23.7 Å². The van der Waals surface area contributed by atoms with E-state index in [-0.39, 0.29) is 0 Å². The van der Waals surface area contributed by atoms with Gasteiger partial charge in [0.15, 0.2) is 0 Å². The summed E-state index contributed by atoms with van der Waals surface area (Å²) < 4.78 is 0. The van der Waals surface area contributed by atoms with Crippen molar-refractivity contribution < 1.29 is 0 Å². The molecule has 0 saturated heterocycles. The van der Waals surface area contributed by atoms with Gasteiger partial charge < -0.3 is 0 Å². The molecule has 0 heteroatoms. The van der Waals surface area contributed by atoms with E-state index in [4.69, 9.17) is 0 Å². The lowest BCUT2D eigenvalue weighted by Crippen LogP contribution is -2.08. The lowest BCUT2D eigenvalue weighted by atomic mass is 9.85. The second-order valence-corrected chi connectivity index (χ2v) is 6.20. The summed E-state index contributed by atoms with van der Waals surface area (Å²) >= 11 is 0. The largest absolute Gasteiger partial charge is 0.0651 e. The van der Waals surface area contributed by atoms with E-state index in [0.717, 1.165) is 23.7 Å². The molecule has 3 atom stereocenters. The summed E-state index contributed by atoms with van der Waals surface area (Å²) in [5, 5.41) is 0. The maximum Gasteiger partial charge on any atom is -0.0394 e. The van der Waals surface area contributed by atoms with Gasteiger partial charge in [-0.25, -0.2) is 0 Å². The summed E-state index contributed by atoms with van der Waals surface area (Å²) in [4.78, 5) is 0. The monoisotopic (exact) mass is 226 g/mol. The maximum absolute atomic E-state index is 2.43. The van der Waals surface area contributed by atoms with E-state index in [1.54, 1.807) is 0 Å². The van der Waals surface area contributed by atoms with Gasteiger partial charge in [-0.15, -0.1) is 0 Å². The fraction of sp³-hybridized carbons (Fsp3) is 1.00. The summed E-state index contributed by atoms with van der Waals surface area (Å²) in [6.07, 6.45) is 8.45. The minimum absolute atomic E-state index is 0.870. The van der Waals surface area contributed by atoms with E-state index in [1.807, 2.05) is 0 Å². The van der Waals surface area contributed by atoms with E-state index in [9.17, 15) is 0 Å². The molecule has 0 bridgehead atoms. The van der Waals surface area contributed by atoms with Crippen molar-refractivity contribution in [3.05, 3.63) is 0 Å². The maximum atomic E-state index is 2.43. The van der Waals surface area contributed by atoms with Crippen LogP contribution >= 0.6 is 0 Å². The first-order chi connectivity index (χ1) is 7.51. The molecule has 0 aromatic carbocycles. The Labute approximate surface area is 104 Å². The van der Waals surface area contributed by atoms with Crippen LogP contribution in [0.4, 0.5) is 0 Å². The Kier molecular flexibility index (Phi) is 9.07. The molecule has 16 heavy (non-hydrogen) atoms. The third-order valence-corrected chi connectivity index (χ3v) is 4.24. The Morgan fingerprint density at radius 2 is 1.38 bits per heavy atom. The smallest absolute Gasteiger partial charge is 0.0394 e. The zero-order valence-electron chi connectivity index (χ0n) is 12.6. The molecule has 0 fully saturated rings. The number of hydrogen-bond acceptors (Lipinski definition) is 0. The summed E-state index contributed by atoms with van der Waals surface area (Å²) in [5.41, 5.74) is 0. The fourth-order valence-corrected chi connectivity index (χ4v) is 2.71. The second-order valence-electron chi connectivity index (χ2n) is 6.20. The summed E-state index contributed by atoms with van der Waals surface area (Å²) in [5.74, 6) is 3.67. The lowest BCUT2D eigenvalue weighted by Gasteiger charge is -2.20. The van der Waals surface area contributed by atoms with Crippen molar-refractivity contribution in [3.8, 4) is 0 Å². The molecule has 0 aliphatic heterocycles. The molecule has 0 heterocycles. The molecule has 0 aromatic heterocycles. The molecule has 0 spiro atoms. The molecule has 3 unspecified atom stereocenters. The first kappa shape index (κ1) is 16.0. The van der Waals surface area contributed by atoms with Crippen LogP contribution in [0.15, 0.2) is 0 Å². The van der Waals surface area contributed by atoms with E-state index in [1.165, 1.54) is 38.5 Å². The van der Waals surface area contributed by atoms with Crippen LogP contribution < -0.4 is 0 Å². The highest BCUT2D eigenvalue weighted by molar-refractivity contribution is 4.64. The van der Waals surface area contributed by atoms with Gasteiger partial charge >= 0.3 is 0 Å². The molecule has 98 valence electrons. The Morgan fingerprint density at radius 1 is 0.750 bits per heavy atom. The predicted molar refractivity (Wildman–Crippen MR) is 75.7 cm³/mol. The highest BCUT2D eigenvalue weighted by Gasteiger charge is 2.12. The average Bonchev–Trinajstić information content (AvgIpc) is 2.23. The van der Waals surface area contributed by atoms with Crippen molar-refractivity contribution in [2.24, 2.45) is 23.7 Å². The zero-order chi connectivity index (χ0) is 12.6. The summed E-state index contributed by atoms with van der Waals surface area (Å²) in [7, 11) is 0. The van der Waals surface area contributed by atoms with Crippen molar-refractivity contribution >= 4 is 0 Å². The summed E-state index contributed by atoms with van der Waals surface area (Å²) in [6, 6.07) is 0. The van der Waals surface area contributed by atoms with Crippen LogP contribution in [0.3, 0.4) is 0 Å². The topological polar surface area (TPSA) is 0 Å². The highest BCUT2D eigenvalue weighted by atomic mass is 14.2. The van der Waals surface area contributed by atoms with E-state index >= 15 is 0 Å². The van der Waals surface area contributed by atoms with Gasteiger partial charge in [0, 0.05) is 0 Å². The lowest BCUT2D eigenvalue weighted by molar-refractivity contribution is 0.312. The van der Waals surface area contributed by atoms with E-state index in [0.29, 0.717) is 0 Å². The minimum Gasteiger partial charge on any atom is -0.0651 e. The molecule has 0 amide bonds. The highest BCUT2D eigenvalue weighted by Crippen LogP contribution is 2.25. The van der Waals surface area contributed by atoms with Gasteiger partial charge in [0.05, 0.1) is 0 Å². The minimum atomic E-state index is 0.870. The van der Waals surface area contributed by atoms with Crippen molar-refractivity contribution in [2.75, 3.05) is 0 Å². The van der Waals surface area contributed by atoms with E-state index < -0.39 is 0 Å². The van der Waals surface area contributed by atoms with Gasteiger partial charge in [-0.3, -0.25) is 0 Å².